The van der Waals surface area contributed by atoms with Crippen molar-refractivity contribution in [3.05, 3.63) is 0 Å². The average molecular weight is 445 g/mol. The summed E-state index contributed by atoms with van der Waals surface area (Å²) >= 11 is 4.05. The zero-order valence-corrected chi connectivity index (χ0v) is 19.2. The molecule has 9 nitrogen and oxygen atoms in total. The summed E-state index contributed by atoms with van der Waals surface area (Å²) in [7, 11) is 0. The van der Waals surface area contributed by atoms with Crippen LogP contribution in [-0.4, -0.2) is 70.2 Å². The highest BCUT2D eigenvalue weighted by Gasteiger charge is 2.38. The molecule has 30 heavy (non-hydrogen) atoms. The fourth-order valence-electron chi connectivity index (χ4n) is 3.50. The maximum absolute atomic E-state index is 12.9. The maximum Gasteiger partial charge on any atom is 0.326 e. The highest BCUT2D eigenvalue weighted by Crippen LogP contribution is 2.19. The first-order chi connectivity index (χ1) is 14.0. The zero-order valence-electron chi connectivity index (χ0n) is 18.3. The third-order valence-electron chi connectivity index (χ3n) is 5.47. The molecule has 5 unspecified atom stereocenters. The fraction of sp³-hybridized carbons (Fsp3) is 0.800. The smallest absolute Gasteiger partial charge is 0.326 e. The van der Waals surface area contributed by atoms with Gasteiger partial charge in [-0.2, -0.15) is 12.6 Å². The number of likely N-dealkylation sites (tertiary alicyclic amines) is 1. The van der Waals surface area contributed by atoms with Crippen molar-refractivity contribution in [1.82, 2.24) is 15.5 Å². The van der Waals surface area contributed by atoms with Crippen LogP contribution in [0.4, 0.5) is 0 Å². The maximum atomic E-state index is 12.9. The van der Waals surface area contributed by atoms with Crippen molar-refractivity contribution in [1.29, 1.82) is 0 Å². The van der Waals surface area contributed by atoms with Gasteiger partial charge < -0.3 is 26.4 Å². The molecule has 0 aliphatic carbocycles. The summed E-state index contributed by atoms with van der Waals surface area (Å²) in [4.78, 5) is 51.2. The van der Waals surface area contributed by atoms with Crippen LogP contribution >= 0.6 is 12.6 Å². The molecule has 10 heteroatoms. The van der Waals surface area contributed by atoms with Crippen LogP contribution in [-0.2, 0) is 19.2 Å². The second-order valence-electron chi connectivity index (χ2n) is 8.38. The molecule has 5 N–H and O–H groups in total. The minimum Gasteiger partial charge on any atom is -0.480 e. The van der Waals surface area contributed by atoms with E-state index in [1.807, 2.05) is 20.8 Å². The van der Waals surface area contributed by atoms with Crippen molar-refractivity contribution in [2.24, 2.45) is 17.6 Å². The van der Waals surface area contributed by atoms with Gasteiger partial charge in [0.25, 0.3) is 0 Å². The lowest BCUT2D eigenvalue weighted by Crippen LogP contribution is -2.57. The van der Waals surface area contributed by atoms with Crippen molar-refractivity contribution in [2.45, 2.75) is 77.5 Å². The summed E-state index contributed by atoms with van der Waals surface area (Å²) in [5.74, 6) is -2.40. The Balaban J connectivity index is 2.93. The number of hydrogen-bond acceptors (Lipinski definition) is 6. The topological polar surface area (TPSA) is 142 Å². The van der Waals surface area contributed by atoms with E-state index in [4.69, 9.17) is 5.73 Å². The molecule has 5 atom stereocenters. The monoisotopic (exact) mass is 444 g/mol. The van der Waals surface area contributed by atoms with Crippen LogP contribution in [0, 0.1) is 11.8 Å². The van der Waals surface area contributed by atoms with Gasteiger partial charge in [-0.1, -0.05) is 34.1 Å². The van der Waals surface area contributed by atoms with E-state index in [-0.39, 0.29) is 23.5 Å². The molecule has 3 amide bonds. The molecule has 1 aliphatic rings. The Kier molecular flexibility index (Phi) is 10.6. The van der Waals surface area contributed by atoms with Crippen LogP contribution in [0.1, 0.15) is 53.4 Å². The third-order valence-corrected chi connectivity index (χ3v) is 5.86. The van der Waals surface area contributed by atoms with Gasteiger partial charge in [0.1, 0.15) is 18.1 Å². The number of thiol groups is 1. The van der Waals surface area contributed by atoms with Crippen LogP contribution in [0.3, 0.4) is 0 Å². The second-order valence-corrected chi connectivity index (χ2v) is 8.74. The van der Waals surface area contributed by atoms with Crippen molar-refractivity contribution in [3.63, 3.8) is 0 Å². The van der Waals surface area contributed by atoms with E-state index in [0.29, 0.717) is 32.2 Å². The SMILES string of the molecule is CCC(C)C(NC(=O)C(CC(C)C)NC(=O)C1CCCN1C(=O)C(N)CS)C(=O)O. The molecule has 1 fully saturated rings. The van der Waals surface area contributed by atoms with Gasteiger partial charge in [-0.25, -0.2) is 4.79 Å². The Bertz CT molecular complexity index is 630. The molecule has 0 spiro atoms. The Labute approximate surface area is 183 Å². The molecule has 0 bridgehead atoms. The van der Waals surface area contributed by atoms with E-state index < -0.39 is 42.0 Å². The zero-order chi connectivity index (χ0) is 23.0. The van der Waals surface area contributed by atoms with Gasteiger partial charge in [-0.15, -0.1) is 0 Å². The molecule has 1 heterocycles. The number of rotatable bonds is 11. The Morgan fingerprint density at radius 1 is 1.20 bits per heavy atom. The van der Waals surface area contributed by atoms with E-state index >= 15 is 0 Å². The first kappa shape index (κ1) is 26.2. The number of nitrogens with one attached hydrogen (secondary N) is 2. The van der Waals surface area contributed by atoms with E-state index in [1.54, 1.807) is 6.92 Å². The average Bonchev–Trinajstić information content (AvgIpc) is 3.18. The number of nitrogens with two attached hydrogens (primary N) is 1. The molecule has 1 saturated heterocycles. The highest BCUT2D eigenvalue weighted by atomic mass is 32.1. The van der Waals surface area contributed by atoms with Crippen LogP contribution in [0.2, 0.25) is 0 Å². The van der Waals surface area contributed by atoms with E-state index in [1.165, 1.54) is 4.90 Å². The van der Waals surface area contributed by atoms with Gasteiger partial charge in [0.05, 0.1) is 6.04 Å². The predicted octanol–water partition coefficient (Wildman–Crippen LogP) is 0.381. The van der Waals surface area contributed by atoms with Gasteiger partial charge in [-0.3, -0.25) is 14.4 Å². The number of carbonyl (C=O) groups is 4. The molecule has 0 aromatic heterocycles. The summed E-state index contributed by atoms with van der Waals surface area (Å²) in [6.45, 7) is 7.84. The summed E-state index contributed by atoms with van der Waals surface area (Å²) in [5.41, 5.74) is 5.78. The van der Waals surface area contributed by atoms with Crippen molar-refractivity contribution >= 4 is 36.3 Å². The number of hydrogen-bond donors (Lipinski definition) is 5. The first-order valence-corrected chi connectivity index (χ1v) is 11.2. The largest absolute Gasteiger partial charge is 0.480 e. The summed E-state index contributed by atoms with van der Waals surface area (Å²) < 4.78 is 0. The van der Waals surface area contributed by atoms with Crippen molar-refractivity contribution < 1.29 is 24.3 Å². The lowest BCUT2D eigenvalue weighted by atomic mass is 9.97. The quantitative estimate of drug-likeness (QED) is 0.292. The number of carboxylic acid groups (broad SMARTS) is 1. The van der Waals surface area contributed by atoms with Gasteiger partial charge in [0, 0.05) is 12.3 Å². The number of aliphatic carboxylic acids is 1. The van der Waals surface area contributed by atoms with Crippen LogP contribution in [0.25, 0.3) is 0 Å². The summed E-state index contributed by atoms with van der Waals surface area (Å²) in [6, 6.07) is -3.41. The summed E-state index contributed by atoms with van der Waals surface area (Å²) in [5, 5.41) is 14.8. The number of carboxylic acids is 1. The van der Waals surface area contributed by atoms with Gasteiger partial charge >= 0.3 is 5.97 Å². The van der Waals surface area contributed by atoms with Crippen LogP contribution in [0.5, 0.6) is 0 Å². The van der Waals surface area contributed by atoms with Gasteiger partial charge in [0.15, 0.2) is 0 Å². The van der Waals surface area contributed by atoms with E-state index in [2.05, 4.69) is 23.3 Å². The molecule has 0 aromatic carbocycles. The van der Waals surface area contributed by atoms with Crippen LogP contribution < -0.4 is 16.4 Å². The van der Waals surface area contributed by atoms with E-state index in [9.17, 15) is 24.3 Å². The number of nitrogens with zero attached hydrogens (tertiary/aromatic N) is 1. The Hall–Kier alpha value is -1.81. The second kappa shape index (κ2) is 12.1. The number of carbonyl (C=O) groups excluding carboxylic acids is 3. The first-order valence-electron chi connectivity index (χ1n) is 10.5. The Morgan fingerprint density at radius 2 is 1.83 bits per heavy atom. The van der Waals surface area contributed by atoms with Crippen molar-refractivity contribution in [2.75, 3.05) is 12.3 Å². The molecular formula is C20H36N4O5S. The molecule has 172 valence electrons. The van der Waals surface area contributed by atoms with Gasteiger partial charge in [0.2, 0.25) is 17.7 Å². The molecule has 0 saturated carbocycles. The summed E-state index contributed by atoms with van der Waals surface area (Å²) in [6.07, 6.45) is 2.08. The predicted molar refractivity (Wildman–Crippen MR) is 117 cm³/mol. The van der Waals surface area contributed by atoms with Crippen molar-refractivity contribution in [3.8, 4) is 0 Å². The minimum absolute atomic E-state index is 0.0897. The minimum atomic E-state index is -1.11. The molecule has 0 aromatic rings. The highest BCUT2D eigenvalue weighted by molar-refractivity contribution is 7.80. The lowest BCUT2D eigenvalue weighted by molar-refractivity contribution is -0.144. The fourth-order valence-corrected chi connectivity index (χ4v) is 3.66. The Morgan fingerprint density at radius 3 is 2.33 bits per heavy atom. The number of amides is 3. The third kappa shape index (κ3) is 7.16. The normalized spacial score (nSPS) is 20.4. The van der Waals surface area contributed by atoms with E-state index in [0.717, 1.165) is 0 Å². The van der Waals surface area contributed by atoms with Crippen LogP contribution in [0.15, 0.2) is 0 Å². The molecule has 1 rings (SSSR count). The molecule has 1 aliphatic heterocycles. The lowest BCUT2D eigenvalue weighted by Gasteiger charge is -2.29. The standard InChI is InChI=1S/C20H36N4O5S/c1-5-12(4)16(20(28)29)23-17(25)14(9-11(2)3)22-18(26)15-7-6-8-24(15)19(27)13(21)10-30/h11-16,30H,5-10,21H2,1-4H3,(H,22,26)(H,23,25)(H,28,29). The molecule has 0 radical (unpaired) electrons. The van der Waals surface area contributed by atoms with Gasteiger partial charge in [-0.05, 0) is 31.1 Å². The molecular weight excluding hydrogens is 408 g/mol.